The molecule has 0 aliphatic rings. The fourth-order valence-electron chi connectivity index (χ4n) is 3.10. The normalized spacial score (nSPS) is 12.6. The summed E-state index contributed by atoms with van der Waals surface area (Å²) in [5.41, 5.74) is 1.52. The van der Waals surface area contributed by atoms with Gasteiger partial charge in [0.2, 0.25) is 0 Å². The van der Waals surface area contributed by atoms with Crippen molar-refractivity contribution in [2.75, 3.05) is 27.2 Å². The number of fused-ring (bicyclic) bond motifs is 1. The standard InChI is InChI=1S/C21H25BrN4O/c1-4-18(23-13-14-25(2)3)20-24-19-8-6-5-7-17(19)21(27)26(20)16-11-9-15(22)10-12-16/h5-12,18,23H,4,13-14H2,1-3H3. The maximum Gasteiger partial charge on any atom is 0.266 e. The number of benzene rings is 2. The highest BCUT2D eigenvalue weighted by molar-refractivity contribution is 9.10. The van der Waals surface area contributed by atoms with E-state index in [4.69, 9.17) is 4.98 Å². The van der Waals surface area contributed by atoms with E-state index in [1.54, 1.807) is 4.57 Å². The van der Waals surface area contributed by atoms with Crippen LogP contribution in [0, 0.1) is 0 Å². The average Bonchev–Trinajstić information content (AvgIpc) is 2.66. The monoisotopic (exact) mass is 428 g/mol. The number of halogens is 1. The minimum Gasteiger partial charge on any atom is -0.308 e. The Morgan fingerprint density at radius 2 is 1.85 bits per heavy atom. The maximum atomic E-state index is 13.3. The third-order valence-corrected chi connectivity index (χ3v) is 5.08. The van der Waals surface area contributed by atoms with Crippen molar-refractivity contribution in [1.29, 1.82) is 0 Å². The summed E-state index contributed by atoms with van der Waals surface area (Å²) >= 11 is 3.47. The molecule has 0 amide bonds. The zero-order valence-corrected chi connectivity index (χ0v) is 17.5. The summed E-state index contributed by atoms with van der Waals surface area (Å²) in [6.45, 7) is 3.86. The van der Waals surface area contributed by atoms with Crippen molar-refractivity contribution in [3.05, 3.63) is 69.2 Å². The fourth-order valence-corrected chi connectivity index (χ4v) is 3.37. The zero-order valence-electron chi connectivity index (χ0n) is 15.9. The van der Waals surface area contributed by atoms with Crippen molar-refractivity contribution in [2.24, 2.45) is 0 Å². The Hall–Kier alpha value is -2.02. The first-order valence-corrected chi connectivity index (χ1v) is 9.96. The molecule has 1 heterocycles. The van der Waals surface area contributed by atoms with Gasteiger partial charge in [-0.25, -0.2) is 4.98 Å². The van der Waals surface area contributed by atoms with Crippen LogP contribution in [-0.4, -0.2) is 41.6 Å². The highest BCUT2D eigenvalue weighted by atomic mass is 79.9. The Morgan fingerprint density at radius 3 is 2.52 bits per heavy atom. The second-order valence-corrected chi connectivity index (χ2v) is 7.74. The van der Waals surface area contributed by atoms with Gasteiger partial charge in [-0.3, -0.25) is 9.36 Å². The van der Waals surface area contributed by atoms with Crippen LogP contribution in [0.2, 0.25) is 0 Å². The van der Waals surface area contributed by atoms with Crippen molar-refractivity contribution in [3.8, 4) is 5.69 Å². The van der Waals surface area contributed by atoms with Gasteiger partial charge in [0.1, 0.15) is 5.82 Å². The van der Waals surface area contributed by atoms with Crippen molar-refractivity contribution in [3.63, 3.8) is 0 Å². The van der Waals surface area contributed by atoms with E-state index in [1.165, 1.54) is 0 Å². The molecule has 142 valence electrons. The minimum atomic E-state index is -0.0363. The summed E-state index contributed by atoms with van der Waals surface area (Å²) in [6, 6.07) is 15.3. The van der Waals surface area contributed by atoms with Gasteiger partial charge in [0.05, 0.1) is 22.6 Å². The lowest BCUT2D eigenvalue weighted by Gasteiger charge is -2.22. The number of hydrogen-bond donors (Lipinski definition) is 1. The summed E-state index contributed by atoms with van der Waals surface area (Å²) in [7, 11) is 4.10. The quantitative estimate of drug-likeness (QED) is 0.622. The minimum absolute atomic E-state index is 0.00842. The van der Waals surface area contributed by atoms with Gasteiger partial charge in [0.25, 0.3) is 5.56 Å². The van der Waals surface area contributed by atoms with Gasteiger partial charge >= 0.3 is 0 Å². The largest absolute Gasteiger partial charge is 0.308 e. The molecule has 0 aliphatic heterocycles. The van der Waals surface area contributed by atoms with E-state index >= 15 is 0 Å². The molecule has 0 aliphatic carbocycles. The van der Waals surface area contributed by atoms with E-state index in [1.807, 2.05) is 48.5 Å². The Kier molecular flexibility index (Phi) is 6.42. The molecule has 1 atom stereocenters. The molecule has 1 N–H and O–H groups in total. The molecule has 1 unspecified atom stereocenters. The second-order valence-electron chi connectivity index (χ2n) is 6.82. The van der Waals surface area contributed by atoms with Gasteiger partial charge in [-0.05, 0) is 56.9 Å². The van der Waals surface area contributed by atoms with Crippen LogP contribution in [-0.2, 0) is 0 Å². The molecule has 5 nitrogen and oxygen atoms in total. The first-order valence-electron chi connectivity index (χ1n) is 9.17. The molecule has 0 saturated heterocycles. The molecule has 3 rings (SSSR count). The van der Waals surface area contributed by atoms with E-state index < -0.39 is 0 Å². The fraction of sp³-hybridized carbons (Fsp3) is 0.333. The summed E-state index contributed by atoms with van der Waals surface area (Å²) in [5.74, 6) is 0.752. The number of nitrogens with one attached hydrogen (secondary N) is 1. The Labute approximate surface area is 168 Å². The first kappa shape index (κ1) is 19.7. The molecule has 0 fully saturated rings. The van der Waals surface area contributed by atoms with Gasteiger partial charge in [-0.2, -0.15) is 0 Å². The molecule has 27 heavy (non-hydrogen) atoms. The van der Waals surface area contributed by atoms with E-state index in [9.17, 15) is 4.79 Å². The van der Waals surface area contributed by atoms with Crippen LogP contribution in [0.25, 0.3) is 16.6 Å². The zero-order chi connectivity index (χ0) is 19.4. The molecule has 0 bridgehead atoms. The van der Waals surface area contributed by atoms with Crippen LogP contribution in [0.4, 0.5) is 0 Å². The SMILES string of the molecule is CCC(NCCN(C)C)c1nc2ccccc2c(=O)n1-c1ccc(Br)cc1. The van der Waals surface area contributed by atoms with E-state index in [0.29, 0.717) is 5.39 Å². The summed E-state index contributed by atoms with van der Waals surface area (Å²) in [5, 5.41) is 4.19. The molecular formula is C21H25BrN4O. The Morgan fingerprint density at radius 1 is 1.15 bits per heavy atom. The van der Waals surface area contributed by atoms with Gasteiger partial charge < -0.3 is 10.2 Å². The molecule has 0 spiro atoms. The third kappa shape index (κ3) is 4.46. The predicted molar refractivity (Wildman–Crippen MR) is 115 cm³/mol. The van der Waals surface area contributed by atoms with Gasteiger partial charge in [0, 0.05) is 17.6 Å². The molecular weight excluding hydrogens is 404 g/mol. The average molecular weight is 429 g/mol. The van der Waals surface area contributed by atoms with Gasteiger partial charge in [-0.15, -0.1) is 0 Å². The van der Waals surface area contributed by atoms with Gasteiger partial charge in [0.15, 0.2) is 0 Å². The van der Waals surface area contributed by atoms with Crippen molar-refractivity contribution >= 4 is 26.8 Å². The van der Waals surface area contributed by atoms with Crippen LogP contribution >= 0.6 is 15.9 Å². The molecule has 0 radical (unpaired) electrons. The number of rotatable bonds is 7. The number of aromatic nitrogens is 2. The van der Waals surface area contributed by atoms with E-state index in [-0.39, 0.29) is 11.6 Å². The Balaban J connectivity index is 2.15. The number of nitrogens with zero attached hydrogens (tertiary/aromatic N) is 3. The lowest BCUT2D eigenvalue weighted by Crippen LogP contribution is -2.34. The highest BCUT2D eigenvalue weighted by Gasteiger charge is 2.19. The number of para-hydroxylation sites is 1. The second kappa shape index (κ2) is 8.78. The molecule has 0 saturated carbocycles. The van der Waals surface area contributed by atoms with Crippen LogP contribution in [0.5, 0.6) is 0 Å². The third-order valence-electron chi connectivity index (χ3n) is 4.56. The lowest BCUT2D eigenvalue weighted by molar-refractivity contribution is 0.376. The predicted octanol–water partition coefficient (Wildman–Crippen LogP) is 3.75. The molecule has 6 heteroatoms. The van der Waals surface area contributed by atoms with E-state index in [0.717, 1.165) is 41.0 Å². The number of hydrogen-bond acceptors (Lipinski definition) is 4. The van der Waals surface area contributed by atoms with Crippen LogP contribution in [0.3, 0.4) is 0 Å². The summed E-state index contributed by atoms with van der Waals surface area (Å²) in [4.78, 5) is 20.3. The van der Waals surface area contributed by atoms with Crippen LogP contribution in [0.15, 0.2) is 57.8 Å². The molecule has 2 aromatic carbocycles. The van der Waals surface area contributed by atoms with Gasteiger partial charge in [-0.1, -0.05) is 35.0 Å². The Bertz CT molecular complexity index is 966. The van der Waals surface area contributed by atoms with Crippen molar-refractivity contribution in [1.82, 2.24) is 19.8 Å². The van der Waals surface area contributed by atoms with E-state index in [2.05, 4.69) is 47.2 Å². The van der Waals surface area contributed by atoms with Crippen LogP contribution < -0.4 is 10.9 Å². The topological polar surface area (TPSA) is 50.2 Å². The maximum absolute atomic E-state index is 13.3. The lowest BCUT2D eigenvalue weighted by atomic mass is 10.1. The molecule has 3 aromatic rings. The highest BCUT2D eigenvalue weighted by Crippen LogP contribution is 2.21. The first-order chi connectivity index (χ1) is 13.0. The smallest absolute Gasteiger partial charge is 0.266 e. The molecule has 1 aromatic heterocycles. The van der Waals surface area contributed by atoms with Crippen molar-refractivity contribution in [2.45, 2.75) is 19.4 Å². The number of likely N-dealkylation sites (N-methyl/N-ethyl adjacent to an activating group) is 1. The summed E-state index contributed by atoms with van der Waals surface area (Å²) in [6.07, 6.45) is 0.842. The van der Waals surface area contributed by atoms with Crippen LogP contribution in [0.1, 0.15) is 25.2 Å². The van der Waals surface area contributed by atoms with Crippen molar-refractivity contribution < 1.29 is 0 Å². The summed E-state index contributed by atoms with van der Waals surface area (Å²) < 4.78 is 2.72.